The fourth-order valence-corrected chi connectivity index (χ4v) is 2.40. The van der Waals surface area contributed by atoms with Crippen molar-refractivity contribution in [2.45, 2.75) is 38.9 Å². The van der Waals surface area contributed by atoms with E-state index < -0.39 is 0 Å². The van der Waals surface area contributed by atoms with Gasteiger partial charge in [0.25, 0.3) is 0 Å². The maximum Gasteiger partial charge on any atom is 0.225 e. The van der Waals surface area contributed by atoms with Crippen molar-refractivity contribution in [3.05, 3.63) is 18.5 Å². The Morgan fingerprint density at radius 1 is 1.41 bits per heavy atom. The van der Waals surface area contributed by atoms with Gasteiger partial charge in [-0.1, -0.05) is 0 Å². The maximum atomic E-state index is 12.2. The fraction of sp³-hybridized carbons (Fsp3) is 0.667. The Bertz CT molecular complexity index is 353. The van der Waals surface area contributed by atoms with E-state index in [9.17, 15) is 4.79 Å². The van der Waals surface area contributed by atoms with E-state index in [1.165, 1.54) is 0 Å². The zero-order chi connectivity index (χ0) is 12.3. The molecule has 17 heavy (non-hydrogen) atoms. The summed E-state index contributed by atoms with van der Waals surface area (Å²) >= 11 is 0. The monoisotopic (exact) mass is 236 g/mol. The van der Waals surface area contributed by atoms with Gasteiger partial charge in [0.1, 0.15) is 0 Å². The van der Waals surface area contributed by atoms with Gasteiger partial charge in [0, 0.05) is 50.5 Å². The van der Waals surface area contributed by atoms with Gasteiger partial charge in [-0.3, -0.25) is 9.48 Å². The molecule has 1 aromatic heterocycles. The highest BCUT2D eigenvalue weighted by Gasteiger charge is 2.28. The average Bonchev–Trinajstić information content (AvgIpc) is 2.79. The zero-order valence-corrected chi connectivity index (χ0v) is 10.5. The molecule has 1 N–H and O–H groups in total. The third-order valence-corrected chi connectivity index (χ3v) is 3.23. The number of carbonyl (C=O) groups is 1. The van der Waals surface area contributed by atoms with E-state index in [1.807, 2.05) is 17.2 Å². The van der Waals surface area contributed by atoms with Crippen molar-refractivity contribution in [1.29, 1.82) is 0 Å². The second kappa shape index (κ2) is 5.31. The van der Waals surface area contributed by atoms with Crippen LogP contribution in [0, 0.1) is 0 Å². The molecule has 2 heterocycles. The van der Waals surface area contributed by atoms with Crippen molar-refractivity contribution < 1.29 is 4.79 Å². The van der Waals surface area contributed by atoms with Crippen LogP contribution in [0.25, 0.3) is 0 Å². The summed E-state index contributed by atoms with van der Waals surface area (Å²) in [5.74, 6) is 0.224. The number of nitrogens with one attached hydrogen (secondary N) is 1. The largest absolute Gasteiger partial charge is 0.335 e. The molecular formula is C12H20N4O. The van der Waals surface area contributed by atoms with Gasteiger partial charge >= 0.3 is 0 Å². The summed E-state index contributed by atoms with van der Waals surface area (Å²) in [6, 6.07) is 2.44. The predicted molar refractivity (Wildman–Crippen MR) is 65.5 cm³/mol. The van der Waals surface area contributed by atoms with Gasteiger partial charge in [-0.25, -0.2) is 0 Å². The Labute approximate surface area is 102 Å². The first-order valence-corrected chi connectivity index (χ1v) is 6.18. The molecule has 0 aliphatic carbocycles. The highest BCUT2D eigenvalue weighted by atomic mass is 16.2. The van der Waals surface area contributed by atoms with Crippen LogP contribution < -0.4 is 5.32 Å². The Morgan fingerprint density at radius 2 is 2.12 bits per heavy atom. The number of hydrogen-bond donors (Lipinski definition) is 1. The van der Waals surface area contributed by atoms with Crippen molar-refractivity contribution in [2.24, 2.45) is 0 Å². The molecule has 0 bridgehead atoms. The molecule has 5 nitrogen and oxygen atoms in total. The molecule has 1 amide bonds. The molecule has 0 radical (unpaired) electrons. The molecule has 94 valence electrons. The molecule has 1 fully saturated rings. The maximum absolute atomic E-state index is 12.2. The number of aryl methyl sites for hydroxylation is 1. The van der Waals surface area contributed by atoms with E-state index in [4.69, 9.17) is 0 Å². The molecule has 0 saturated carbocycles. The van der Waals surface area contributed by atoms with E-state index in [1.54, 1.807) is 10.9 Å². The lowest BCUT2D eigenvalue weighted by molar-refractivity contribution is -0.136. The van der Waals surface area contributed by atoms with Crippen molar-refractivity contribution in [3.63, 3.8) is 0 Å². The highest BCUT2D eigenvalue weighted by molar-refractivity contribution is 5.77. The molecule has 0 aromatic carbocycles. The van der Waals surface area contributed by atoms with Crippen LogP contribution >= 0.6 is 0 Å². The summed E-state index contributed by atoms with van der Waals surface area (Å²) in [5, 5.41) is 7.43. The molecular weight excluding hydrogens is 216 g/mol. The Morgan fingerprint density at radius 3 is 2.71 bits per heavy atom. The SMILES string of the molecule is CC1CNCC(C)N1C(=O)CCn1cccn1. The first-order chi connectivity index (χ1) is 8.18. The lowest BCUT2D eigenvalue weighted by Gasteiger charge is -2.39. The van der Waals surface area contributed by atoms with Gasteiger partial charge in [-0.2, -0.15) is 5.10 Å². The smallest absolute Gasteiger partial charge is 0.225 e. The number of nitrogens with zero attached hydrogens (tertiary/aromatic N) is 3. The van der Waals surface area contributed by atoms with E-state index in [2.05, 4.69) is 24.3 Å². The minimum Gasteiger partial charge on any atom is -0.335 e. The standard InChI is InChI=1S/C12H20N4O/c1-10-8-13-9-11(2)16(10)12(17)4-7-15-6-3-5-14-15/h3,5-6,10-11,13H,4,7-9H2,1-2H3. The number of carbonyl (C=O) groups excluding carboxylic acids is 1. The first-order valence-electron chi connectivity index (χ1n) is 6.18. The van der Waals surface area contributed by atoms with Gasteiger partial charge in [-0.05, 0) is 19.9 Å². The summed E-state index contributed by atoms with van der Waals surface area (Å²) in [7, 11) is 0. The van der Waals surface area contributed by atoms with E-state index >= 15 is 0 Å². The van der Waals surface area contributed by atoms with Crippen LogP contribution in [0.3, 0.4) is 0 Å². The summed E-state index contributed by atoms with van der Waals surface area (Å²) in [5.41, 5.74) is 0. The number of aromatic nitrogens is 2. The zero-order valence-electron chi connectivity index (χ0n) is 10.5. The van der Waals surface area contributed by atoms with Gasteiger partial charge < -0.3 is 10.2 Å². The number of piperazine rings is 1. The van der Waals surface area contributed by atoms with Gasteiger partial charge in [-0.15, -0.1) is 0 Å². The minimum absolute atomic E-state index is 0.224. The van der Waals surface area contributed by atoms with Crippen LogP contribution in [0.5, 0.6) is 0 Å². The molecule has 1 aliphatic rings. The summed E-state index contributed by atoms with van der Waals surface area (Å²) in [6.07, 6.45) is 4.15. The van der Waals surface area contributed by atoms with Gasteiger partial charge in [0.15, 0.2) is 0 Å². The lowest BCUT2D eigenvalue weighted by atomic mass is 10.1. The number of hydrogen-bond acceptors (Lipinski definition) is 3. The molecule has 1 aliphatic heterocycles. The summed E-state index contributed by atoms with van der Waals surface area (Å²) in [4.78, 5) is 14.2. The van der Waals surface area contributed by atoms with Crippen LogP contribution in [0.4, 0.5) is 0 Å². The third kappa shape index (κ3) is 2.85. The normalized spacial score (nSPS) is 24.9. The van der Waals surface area contributed by atoms with Crippen LogP contribution in [0.2, 0.25) is 0 Å². The third-order valence-electron chi connectivity index (χ3n) is 3.23. The van der Waals surface area contributed by atoms with Crippen LogP contribution in [0.1, 0.15) is 20.3 Å². The van der Waals surface area contributed by atoms with Crippen LogP contribution in [-0.4, -0.2) is 45.8 Å². The van der Waals surface area contributed by atoms with Crippen molar-refractivity contribution in [2.75, 3.05) is 13.1 Å². The molecule has 2 atom stereocenters. The molecule has 2 rings (SSSR count). The first kappa shape index (κ1) is 12.1. The fourth-order valence-electron chi connectivity index (χ4n) is 2.40. The Hall–Kier alpha value is -1.36. The van der Waals surface area contributed by atoms with E-state index in [-0.39, 0.29) is 18.0 Å². The van der Waals surface area contributed by atoms with E-state index in [0.29, 0.717) is 13.0 Å². The summed E-state index contributed by atoms with van der Waals surface area (Å²) in [6.45, 7) is 6.62. The van der Waals surface area contributed by atoms with Crippen molar-refractivity contribution in [3.8, 4) is 0 Å². The summed E-state index contributed by atoms with van der Waals surface area (Å²) < 4.78 is 1.80. The molecule has 0 spiro atoms. The highest BCUT2D eigenvalue weighted by Crippen LogP contribution is 2.11. The predicted octanol–water partition coefficient (Wildman–Crippen LogP) is 0.482. The topological polar surface area (TPSA) is 50.2 Å². The van der Waals surface area contributed by atoms with Gasteiger partial charge in [0.2, 0.25) is 5.91 Å². The Kier molecular flexibility index (Phi) is 3.78. The van der Waals surface area contributed by atoms with Crippen LogP contribution in [0.15, 0.2) is 18.5 Å². The molecule has 1 saturated heterocycles. The van der Waals surface area contributed by atoms with Gasteiger partial charge in [0.05, 0.1) is 0 Å². The second-order valence-electron chi connectivity index (χ2n) is 4.68. The quantitative estimate of drug-likeness (QED) is 0.830. The average molecular weight is 236 g/mol. The number of rotatable bonds is 3. The van der Waals surface area contributed by atoms with Crippen molar-refractivity contribution in [1.82, 2.24) is 20.0 Å². The van der Waals surface area contributed by atoms with Crippen molar-refractivity contribution >= 4 is 5.91 Å². The molecule has 5 heteroatoms. The van der Waals surface area contributed by atoms with E-state index in [0.717, 1.165) is 13.1 Å². The molecule has 2 unspecified atom stereocenters. The second-order valence-corrected chi connectivity index (χ2v) is 4.68. The number of amides is 1. The molecule has 1 aromatic rings. The van der Waals surface area contributed by atoms with Crippen LogP contribution in [-0.2, 0) is 11.3 Å². The lowest BCUT2D eigenvalue weighted by Crippen LogP contribution is -2.57. The minimum atomic E-state index is 0.224. The Balaban J connectivity index is 1.90.